The third-order valence-corrected chi connectivity index (χ3v) is 3.70. The van der Waals surface area contributed by atoms with Crippen molar-refractivity contribution in [2.45, 2.75) is 6.42 Å². The molecule has 5 heteroatoms. The molecule has 0 unspecified atom stereocenters. The molecule has 2 aromatic rings. The Balaban J connectivity index is 2.33. The standard InChI is InChI=1S/C12H9BrN2OS/c1-16-11-3-2-8(6-9(11)13)10-7-17-12(15-10)4-5-14/h2-3,6-7H,4H2,1H3. The van der Waals surface area contributed by atoms with E-state index in [1.807, 2.05) is 23.6 Å². The van der Waals surface area contributed by atoms with E-state index in [1.165, 1.54) is 11.3 Å². The van der Waals surface area contributed by atoms with Gasteiger partial charge in [0, 0.05) is 10.9 Å². The van der Waals surface area contributed by atoms with Gasteiger partial charge in [0.25, 0.3) is 0 Å². The van der Waals surface area contributed by atoms with E-state index >= 15 is 0 Å². The molecule has 0 atom stereocenters. The minimum Gasteiger partial charge on any atom is -0.496 e. The van der Waals surface area contributed by atoms with Gasteiger partial charge in [-0.05, 0) is 34.1 Å². The quantitative estimate of drug-likeness (QED) is 0.869. The number of benzene rings is 1. The number of nitrogens with zero attached hydrogens (tertiary/aromatic N) is 2. The Morgan fingerprint density at radius 1 is 1.53 bits per heavy atom. The van der Waals surface area contributed by atoms with Crippen LogP contribution >= 0.6 is 27.3 Å². The highest BCUT2D eigenvalue weighted by molar-refractivity contribution is 9.10. The molecule has 0 bridgehead atoms. The van der Waals surface area contributed by atoms with Crippen molar-refractivity contribution in [3.8, 4) is 23.1 Å². The molecule has 2 rings (SSSR count). The maximum atomic E-state index is 8.60. The molecule has 0 spiro atoms. The number of aromatic nitrogens is 1. The number of thiazole rings is 1. The average molecular weight is 309 g/mol. The van der Waals surface area contributed by atoms with Crippen molar-refractivity contribution in [2.75, 3.05) is 7.11 Å². The Morgan fingerprint density at radius 3 is 3.00 bits per heavy atom. The molecule has 17 heavy (non-hydrogen) atoms. The molecule has 0 fully saturated rings. The molecular weight excluding hydrogens is 300 g/mol. The third-order valence-electron chi connectivity index (χ3n) is 2.23. The average Bonchev–Trinajstić information content (AvgIpc) is 2.78. The molecule has 0 amide bonds. The molecular formula is C12H9BrN2OS. The van der Waals surface area contributed by atoms with E-state index in [-0.39, 0.29) is 0 Å². The van der Waals surface area contributed by atoms with Crippen molar-refractivity contribution >= 4 is 27.3 Å². The summed E-state index contributed by atoms with van der Waals surface area (Å²) in [5.41, 5.74) is 1.90. The van der Waals surface area contributed by atoms with Gasteiger partial charge in [-0.1, -0.05) is 0 Å². The molecule has 1 aromatic carbocycles. The predicted molar refractivity (Wildman–Crippen MR) is 71.1 cm³/mol. The fraction of sp³-hybridized carbons (Fsp3) is 0.167. The summed E-state index contributed by atoms with van der Waals surface area (Å²) in [6, 6.07) is 7.90. The van der Waals surface area contributed by atoms with Gasteiger partial charge in [0.05, 0.1) is 29.8 Å². The van der Waals surface area contributed by atoms with E-state index < -0.39 is 0 Å². The van der Waals surface area contributed by atoms with E-state index in [0.29, 0.717) is 6.42 Å². The topological polar surface area (TPSA) is 45.9 Å². The molecule has 1 heterocycles. The highest BCUT2D eigenvalue weighted by Crippen LogP contribution is 2.31. The summed E-state index contributed by atoms with van der Waals surface area (Å²) in [6.07, 6.45) is 0.363. The number of halogens is 1. The molecule has 0 aliphatic rings. The second-order valence-electron chi connectivity index (χ2n) is 3.31. The Kier molecular flexibility index (Phi) is 3.77. The maximum Gasteiger partial charge on any atom is 0.133 e. The van der Waals surface area contributed by atoms with Gasteiger partial charge in [-0.2, -0.15) is 5.26 Å². The molecule has 0 aliphatic carbocycles. The number of methoxy groups -OCH3 is 1. The smallest absolute Gasteiger partial charge is 0.133 e. The largest absolute Gasteiger partial charge is 0.496 e. The number of hydrogen-bond acceptors (Lipinski definition) is 4. The van der Waals surface area contributed by atoms with E-state index in [2.05, 4.69) is 27.0 Å². The Labute approximate surface area is 112 Å². The Hall–Kier alpha value is -1.38. The lowest BCUT2D eigenvalue weighted by molar-refractivity contribution is 0.412. The third kappa shape index (κ3) is 2.65. The lowest BCUT2D eigenvalue weighted by Crippen LogP contribution is -1.86. The Bertz CT molecular complexity index is 574. The molecule has 1 aromatic heterocycles. The van der Waals surface area contributed by atoms with Gasteiger partial charge in [0.2, 0.25) is 0 Å². The van der Waals surface area contributed by atoms with Crippen molar-refractivity contribution in [3.05, 3.63) is 33.1 Å². The fourth-order valence-electron chi connectivity index (χ4n) is 1.42. The molecule has 0 aliphatic heterocycles. The number of rotatable bonds is 3. The summed E-state index contributed by atoms with van der Waals surface area (Å²) >= 11 is 4.95. The zero-order valence-corrected chi connectivity index (χ0v) is 11.5. The van der Waals surface area contributed by atoms with Crippen LogP contribution in [0.15, 0.2) is 28.1 Å². The molecule has 0 saturated carbocycles. The van der Waals surface area contributed by atoms with Gasteiger partial charge in [0.15, 0.2) is 0 Å². The maximum absolute atomic E-state index is 8.60. The van der Waals surface area contributed by atoms with Gasteiger partial charge in [-0.3, -0.25) is 0 Å². The van der Waals surface area contributed by atoms with Crippen LogP contribution in [0.2, 0.25) is 0 Å². The first-order chi connectivity index (χ1) is 8.24. The predicted octanol–water partition coefficient (Wildman–Crippen LogP) is 3.65. The zero-order valence-electron chi connectivity index (χ0n) is 9.11. The van der Waals surface area contributed by atoms with Gasteiger partial charge >= 0.3 is 0 Å². The molecule has 0 N–H and O–H groups in total. The summed E-state index contributed by atoms with van der Waals surface area (Å²) in [6.45, 7) is 0. The molecule has 0 radical (unpaired) electrons. The summed E-state index contributed by atoms with van der Waals surface area (Å²) < 4.78 is 6.07. The summed E-state index contributed by atoms with van der Waals surface area (Å²) in [5, 5.41) is 11.4. The molecule has 0 saturated heterocycles. The highest BCUT2D eigenvalue weighted by atomic mass is 79.9. The van der Waals surface area contributed by atoms with Crippen LogP contribution in [0.3, 0.4) is 0 Å². The van der Waals surface area contributed by atoms with Crippen molar-refractivity contribution in [2.24, 2.45) is 0 Å². The van der Waals surface area contributed by atoms with Crippen LogP contribution in [0.4, 0.5) is 0 Å². The van der Waals surface area contributed by atoms with Gasteiger partial charge in [-0.25, -0.2) is 4.98 Å². The number of ether oxygens (including phenoxy) is 1. The van der Waals surface area contributed by atoms with Gasteiger partial charge in [0.1, 0.15) is 10.8 Å². The van der Waals surface area contributed by atoms with E-state index in [1.54, 1.807) is 7.11 Å². The minimum atomic E-state index is 0.363. The van der Waals surface area contributed by atoms with Gasteiger partial charge in [-0.15, -0.1) is 11.3 Å². The van der Waals surface area contributed by atoms with Crippen LogP contribution < -0.4 is 4.74 Å². The highest BCUT2D eigenvalue weighted by Gasteiger charge is 2.07. The van der Waals surface area contributed by atoms with Crippen molar-refractivity contribution in [1.82, 2.24) is 4.98 Å². The summed E-state index contributed by atoms with van der Waals surface area (Å²) in [4.78, 5) is 4.40. The first-order valence-corrected chi connectivity index (χ1v) is 6.57. The summed E-state index contributed by atoms with van der Waals surface area (Å²) in [5.74, 6) is 0.793. The van der Waals surface area contributed by atoms with Crippen molar-refractivity contribution < 1.29 is 4.74 Å². The number of hydrogen-bond donors (Lipinski definition) is 0. The van der Waals surface area contributed by atoms with E-state index in [0.717, 1.165) is 26.5 Å². The van der Waals surface area contributed by atoms with Crippen LogP contribution in [-0.2, 0) is 6.42 Å². The SMILES string of the molecule is COc1ccc(-c2csc(CC#N)n2)cc1Br. The first-order valence-electron chi connectivity index (χ1n) is 4.90. The second kappa shape index (κ2) is 5.30. The minimum absolute atomic E-state index is 0.363. The van der Waals surface area contributed by atoms with Crippen LogP contribution in [0.25, 0.3) is 11.3 Å². The normalized spacial score (nSPS) is 9.94. The van der Waals surface area contributed by atoms with E-state index in [9.17, 15) is 0 Å². The van der Waals surface area contributed by atoms with Crippen LogP contribution in [0.5, 0.6) is 5.75 Å². The van der Waals surface area contributed by atoms with Gasteiger partial charge < -0.3 is 4.74 Å². The summed E-state index contributed by atoms with van der Waals surface area (Å²) in [7, 11) is 1.63. The van der Waals surface area contributed by atoms with Crippen LogP contribution in [0.1, 0.15) is 5.01 Å². The molecule has 86 valence electrons. The first kappa shape index (κ1) is 12.1. The molecule has 3 nitrogen and oxygen atoms in total. The fourth-order valence-corrected chi connectivity index (χ4v) is 2.69. The van der Waals surface area contributed by atoms with Crippen molar-refractivity contribution in [1.29, 1.82) is 5.26 Å². The van der Waals surface area contributed by atoms with E-state index in [4.69, 9.17) is 10.00 Å². The Morgan fingerprint density at radius 2 is 2.35 bits per heavy atom. The lowest BCUT2D eigenvalue weighted by Gasteiger charge is -2.04. The van der Waals surface area contributed by atoms with Crippen LogP contribution in [-0.4, -0.2) is 12.1 Å². The monoisotopic (exact) mass is 308 g/mol. The van der Waals surface area contributed by atoms with Crippen LogP contribution in [0, 0.1) is 11.3 Å². The second-order valence-corrected chi connectivity index (χ2v) is 5.11. The zero-order chi connectivity index (χ0) is 12.3. The van der Waals surface area contributed by atoms with Crippen molar-refractivity contribution in [3.63, 3.8) is 0 Å². The number of nitriles is 1. The lowest BCUT2D eigenvalue weighted by atomic mass is 10.2.